The van der Waals surface area contributed by atoms with Gasteiger partial charge in [-0.05, 0) is 48.4 Å². The molecule has 0 aliphatic carbocycles. The fourth-order valence-electron chi connectivity index (χ4n) is 2.48. The molecule has 3 aromatic carbocycles. The van der Waals surface area contributed by atoms with E-state index in [1.54, 1.807) is 6.21 Å². The normalized spacial score (nSPS) is 10.6. The van der Waals surface area contributed by atoms with E-state index in [9.17, 15) is 4.79 Å². The first kappa shape index (κ1) is 19.6. The van der Waals surface area contributed by atoms with Crippen LogP contribution in [0, 0.1) is 6.92 Å². The lowest BCUT2D eigenvalue weighted by molar-refractivity contribution is 0.252. The highest BCUT2D eigenvalue weighted by Crippen LogP contribution is 2.18. The Morgan fingerprint density at radius 3 is 2.54 bits per heavy atom. The highest BCUT2D eigenvalue weighted by atomic mass is 79.9. The summed E-state index contributed by atoms with van der Waals surface area (Å²) in [4.78, 5) is 12.0. The van der Waals surface area contributed by atoms with E-state index >= 15 is 0 Å². The van der Waals surface area contributed by atoms with Crippen molar-refractivity contribution in [2.45, 2.75) is 13.5 Å². The van der Waals surface area contributed by atoms with Crippen LogP contribution in [0.4, 0.5) is 10.5 Å². The summed E-state index contributed by atoms with van der Waals surface area (Å²) >= 11 is 3.42. The van der Waals surface area contributed by atoms with E-state index in [2.05, 4.69) is 31.8 Å². The molecule has 2 N–H and O–H groups in total. The molecule has 3 aromatic rings. The second kappa shape index (κ2) is 9.71. The van der Waals surface area contributed by atoms with Crippen LogP contribution in [0.5, 0.6) is 5.75 Å². The Labute approximate surface area is 172 Å². The van der Waals surface area contributed by atoms with Gasteiger partial charge in [0.05, 0.1) is 6.21 Å². The summed E-state index contributed by atoms with van der Waals surface area (Å²) < 4.78 is 6.92. The first-order valence-corrected chi connectivity index (χ1v) is 9.53. The topological polar surface area (TPSA) is 62.7 Å². The number of rotatable bonds is 6. The lowest BCUT2D eigenvalue weighted by Gasteiger charge is -2.09. The summed E-state index contributed by atoms with van der Waals surface area (Å²) in [6.45, 7) is 2.37. The average Bonchev–Trinajstić information content (AvgIpc) is 2.70. The Morgan fingerprint density at radius 2 is 1.75 bits per heavy atom. The van der Waals surface area contributed by atoms with Gasteiger partial charge in [0.2, 0.25) is 0 Å². The van der Waals surface area contributed by atoms with Crippen molar-refractivity contribution in [3.8, 4) is 5.75 Å². The molecule has 0 heterocycles. The maximum Gasteiger partial charge on any atom is 0.339 e. The zero-order valence-corrected chi connectivity index (χ0v) is 16.9. The number of halogens is 1. The van der Waals surface area contributed by atoms with Crippen molar-refractivity contribution < 1.29 is 9.53 Å². The Hall–Kier alpha value is -3.12. The van der Waals surface area contributed by atoms with Crippen LogP contribution in [0.1, 0.15) is 16.7 Å². The van der Waals surface area contributed by atoms with Gasteiger partial charge < -0.3 is 10.1 Å². The smallest absolute Gasteiger partial charge is 0.339 e. The molecule has 6 heteroatoms. The van der Waals surface area contributed by atoms with Crippen LogP contribution in [-0.4, -0.2) is 12.2 Å². The van der Waals surface area contributed by atoms with Gasteiger partial charge in [-0.2, -0.15) is 5.10 Å². The Morgan fingerprint density at radius 1 is 1.04 bits per heavy atom. The van der Waals surface area contributed by atoms with E-state index in [0.29, 0.717) is 12.4 Å². The van der Waals surface area contributed by atoms with Crippen LogP contribution < -0.4 is 15.5 Å². The molecule has 0 bridgehead atoms. The third-order valence-corrected chi connectivity index (χ3v) is 4.52. The molecule has 2 amide bonds. The van der Waals surface area contributed by atoms with Crippen molar-refractivity contribution in [1.29, 1.82) is 0 Å². The Bertz CT molecular complexity index is 972. The van der Waals surface area contributed by atoms with Gasteiger partial charge in [0, 0.05) is 15.7 Å². The number of hydrogen-bond acceptors (Lipinski definition) is 3. The highest BCUT2D eigenvalue weighted by Gasteiger charge is 2.04. The molecular formula is C22H20BrN3O2. The number of urea groups is 1. The number of carbonyl (C=O) groups is 1. The largest absolute Gasteiger partial charge is 0.488 e. The van der Waals surface area contributed by atoms with Gasteiger partial charge in [-0.1, -0.05) is 58.4 Å². The van der Waals surface area contributed by atoms with Gasteiger partial charge in [-0.25, -0.2) is 10.2 Å². The molecule has 0 atom stereocenters. The number of hydrogen-bond donors (Lipinski definition) is 2. The molecule has 0 aromatic heterocycles. The summed E-state index contributed by atoms with van der Waals surface area (Å²) in [5, 5.41) is 6.78. The molecule has 0 spiro atoms. The van der Waals surface area contributed by atoms with E-state index in [0.717, 1.165) is 26.9 Å². The number of hydrazone groups is 1. The fraction of sp³-hybridized carbons (Fsp3) is 0.0909. The monoisotopic (exact) mass is 437 g/mol. The summed E-state index contributed by atoms with van der Waals surface area (Å²) in [5.41, 5.74) is 6.03. The number of benzene rings is 3. The zero-order chi connectivity index (χ0) is 19.8. The number of amides is 2. The molecule has 0 aliphatic heterocycles. The van der Waals surface area contributed by atoms with Gasteiger partial charge in [0.1, 0.15) is 12.4 Å². The molecule has 0 saturated heterocycles. The minimum absolute atomic E-state index is 0.404. The van der Waals surface area contributed by atoms with Crippen molar-refractivity contribution in [3.63, 3.8) is 0 Å². The number of para-hydroxylation sites is 2. The number of nitrogens with zero attached hydrogens (tertiary/aromatic N) is 1. The first-order chi connectivity index (χ1) is 13.6. The lowest BCUT2D eigenvalue weighted by atomic mass is 10.2. The second-order valence-electron chi connectivity index (χ2n) is 6.09. The van der Waals surface area contributed by atoms with Gasteiger partial charge in [-0.15, -0.1) is 0 Å². The molecule has 0 unspecified atom stereocenters. The third kappa shape index (κ3) is 5.69. The third-order valence-electron chi connectivity index (χ3n) is 3.99. The van der Waals surface area contributed by atoms with Crippen molar-refractivity contribution in [2.24, 2.45) is 5.10 Å². The Kier molecular flexibility index (Phi) is 6.81. The van der Waals surface area contributed by atoms with Crippen molar-refractivity contribution in [2.75, 3.05) is 5.32 Å². The number of anilines is 1. The minimum Gasteiger partial charge on any atom is -0.488 e. The fourth-order valence-corrected chi connectivity index (χ4v) is 2.75. The summed E-state index contributed by atoms with van der Waals surface area (Å²) in [6.07, 6.45) is 1.56. The van der Waals surface area contributed by atoms with Crippen LogP contribution in [0.3, 0.4) is 0 Å². The van der Waals surface area contributed by atoms with Gasteiger partial charge in [0.15, 0.2) is 0 Å². The quantitative estimate of drug-likeness (QED) is 0.395. The standard InChI is InChI=1S/C22H20BrN3O2/c1-16-6-2-4-8-20(16)25-22(27)26-24-14-18-7-3-5-9-21(18)28-15-17-10-12-19(23)13-11-17/h2-14H,15H2,1H3,(H2,25,26,27). The first-order valence-electron chi connectivity index (χ1n) is 8.74. The Balaban J connectivity index is 1.58. The predicted molar refractivity (Wildman–Crippen MR) is 116 cm³/mol. The summed E-state index contributed by atoms with van der Waals surface area (Å²) in [6, 6.07) is 22.6. The maximum atomic E-state index is 12.0. The lowest BCUT2D eigenvalue weighted by Crippen LogP contribution is -2.24. The number of nitrogens with one attached hydrogen (secondary N) is 2. The zero-order valence-electron chi connectivity index (χ0n) is 15.4. The SMILES string of the molecule is Cc1ccccc1NC(=O)NN=Cc1ccccc1OCc1ccc(Br)cc1. The van der Waals surface area contributed by atoms with E-state index < -0.39 is 6.03 Å². The van der Waals surface area contributed by atoms with Gasteiger partial charge >= 0.3 is 6.03 Å². The van der Waals surface area contributed by atoms with E-state index in [1.165, 1.54) is 0 Å². The highest BCUT2D eigenvalue weighted by molar-refractivity contribution is 9.10. The molecule has 0 saturated carbocycles. The summed E-state index contributed by atoms with van der Waals surface area (Å²) in [5.74, 6) is 0.690. The summed E-state index contributed by atoms with van der Waals surface area (Å²) in [7, 11) is 0. The van der Waals surface area contributed by atoms with E-state index in [1.807, 2.05) is 79.7 Å². The average molecular weight is 438 g/mol. The minimum atomic E-state index is -0.404. The van der Waals surface area contributed by atoms with Crippen LogP contribution >= 0.6 is 15.9 Å². The van der Waals surface area contributed by atoms with E-state index in [-0.39, 0.29) is 0 Å². The van der Waals surface area contributed by atoms with Crippen LogP contribution in [-0.2, 0) is 6.61 Å². The van der Waals surface area contributed by atoms with E-state index in [4.69, 9.17) is 4.74 Å². The number of carbonyl (C=O) groups excluding carboxylic acids is 1. The molecule has 28 heavy (non-hydrogen) atoms. The van der Waals surface area contributed by atoms with Crippen molar-refractivity contribution in [3.05, 3.63) is 94.0 Å². The predicted octanol–water partition coefficient (Wildman–Crippen LogP) is 5.49. The number of ether oxygens (including phenoxy) is 1. The van der Waals surface area contributed by atoms with Gasteiger partial charge in [-0.3, -0.25) is 0 Å². The molecule has 142 valence electrons. The molecule has 3 rings (SSSR count). The second-order valence-corrected chi connectivity index (χ2v) is 7.01. The molecular weight excluding hydrogens is 418 g/mol. The van der Waals surface area contributed by atoms with Gasteiger partial charge in [0.25, 0.3) is 0 Å². The van der Waals surface area contributed by atoms with Crippen molar-refractivity contribution in [1.82, 2.24) is 5.43 Å². The van der Waals surface area contributed by atoms with Crippen LogP contribution in [0.15, 0.2) is 82.4 Å². The van der Waals surface area contributed by atoms with Crippen molar-refractivity contribution >= 4 is 33.9 Å². The molecule has 5 nitrogen and oxygen atoms in total. The molecule has 0 fully saturated rings. The maximum absolute atomic E-state index is 12.0. The molecule has 0 radical (unpaired) electrons. The van der Waals surface area contributed by atoms with Crippen LogP contribution in [0.25, 0.3) is 0 Å². The number of aryl methyl sites for hydroxylation is 1. The van der Waals surface area contributed by atoms with Crippen LogP contribution in [0.2, 0.25) is 0 Å². The molecule has 0 aliphatic rings.